The molecule has 0 bridgehead atoms. The van der Waals surface area contributed by atoms with Crippen molar-refractivity contribution in [3.8, 4) is 56.5 Å². The molecule has 0 aliphatic carbocycles. The minimum Gasteiger partial charge on any atom is -0.438 e. The summed E-state index contributed by atoms with van der Waals surface area (Å²) in [6.07, 6.45) is 0. The van der Waals surface area contributed by atoms with E-state index in [0.717, 1.165) is 55.4 Å². The topological polar surface area (TPSA) is 64.7 Å². The van der Waals surface area contributed by atoms with Crippen LogP contribution in [0.3, 0.4) is 0 Å². The van der Waals surface area contributed by atoms with Gasteiger partial charge in [0.1, 0.15) is 5.58 Å². The smallest absolute Gasteiger partial charge is 0.228 e. The zero-order valence-electron chi connectivity index (χ0n) is 26.6. The lowest BCUT2D eigenvalue weighted by atomic mass is 10.00. The van der Waals surface area contributed by atoms with Crippen LogP contribution in [-0.2, 0) is 0 Å². The van der Waals surface area contributed by atoms with Gasteiger partial charge in [-0.25, -0.2) is 19.9 Å². The van der Waals surface area contributed by atoms with Crippen molar-refractivity contribution in [3.05, 3.63) is 158 Å². The number of hydrogen-bond acceptors (Lipinski definition) is 6. The molecule has 6 heteroatoms. The summed E-state index contributed by atoms with van der Waals surface area (Å²) in [6, 6.07) is 54.0. The Labute approximate surface area is 291 Å². The first-order valence-corrected chi connectivity index (χ1v) is 17.3. The fraction of sp³-hybridized carbons (Fsp3) is 0. The van der Waals surface area contributed by atoms with Gasteiger partial charge in [0.05, 0.1) is 15.8 Å². The highest BCUT2D eigenvalue weighted by atomic mass is 32.1. The quantitative estimate of drug-likeness (QED) is 0.184. The van der Waals surface area contributed by atoms with Gasteiger partial charge in [0.2, 0.25) is 5.71 Å². The summed E-state index contributed by atoms with van der Waals surface area (Å²) in [5.74, 6) is 1.94. The zero-order valence-corrected chi connectivity index (χ0v) is 27.4. The van der Waals surface area contributed by atoms with Crippen molar-refractivity contribution in [2.24, 2.45) is 0 Å². The van der Waals surface area contributed by atoms with E-state index in [1.807, 2.05) is 72.8 Å². The Balaban J connectivity index is 1.03. The van der Waals surface area contributed by atoms with Gasteiger partial charge in [-0.05, 0) is 23.3 Å². The van der Waals surface area contributed by atoms with Crippen LogP contribution in [0.5, 0.6) is 0 Å². The van der Waals surface area contributed by atoms with Gasteiger partial charge in [-0.2, -0.15) is 0 Å². The van der Waals surface area contributed by atoms with Crippen LogP contribution in [0.2, 0.25) is 0 Å². The Morgan fingerprint density at radius 1 is 0.380 bits per heavy atom. The molecule has 10 rings (SSSR count). The first-order valence-electron chi connectivity index (χ1n) is 16.5. The number of hydrogen-bond donors (Lipinski definition) is 0. The molecule has 234 valence electrons. The van der Waals surface area contributed by atoms with Crippen LogP contribution in [-0.4, -0.2) is 19.9 Å². The fourth-order valence-corrected chi connectivity index (χ4v) is 7.95. The highest BCUT2D eigenvalue weighted by Crippen LogP contribution is 2.45. The minimum absolute atomic E-state index is 0.638. The Hall–Kier alpha value is -6.50. The molecule has 0 aliphatic heterocycles. The van der Waals surface area contributed by atoms with E-state index in [9.17, 15) is 0 Å². The average Bonchev–Trinajstić information content (AvgIpc) is 3.77. The van der Waals surface area contributed by atoms with E-state index >= 15 is 0 Å². The van der Waals surface area contributed by atoms with Crippen LogP contribution in [0, 0.1) is 0 Å². The summed E-state index contributed by atoms with van der Waals surface area (Å²) in [7, 11) is 0. The van der Waals surface area contributed by atoms with Crippen molar-refractivity contribution in [2.45, 2.75) is 0 Å². The third kappa shape index (κ3) is 4.77. The molecule has 0 atom stereocenters. The second-order valence-corrected chi connectivity index (χ2v) is 13.3. The SMILES string of the molecule is c1ccc(-c2nc(-c3ccccc3)nc(-c3ccc(-c4ccc(-c5nc6oc7ccccc7c6c6c5sc5ccccc56)cc4)cc3)n2)cc1. The standard InChI is InChI=1S/C44H26N4OS/c1-3-11-30(12-4-1)41-46-42(31-13-5-2-6-14-31)48-43(47-41)32-25-21-28(22-26-32)27-19-23-29(24-20-27)39-40-37(34-16-8-10-18-36(34)50-40)38-33-15-7-9-17-35(33)49-44(38)45-39/h1-26H. The lowest BCUT2D eigenvalue weighted by molar-refractivity contribution is 0.655. The molecule has 0 unspecified atom stereocenters. The number of fused-ring (bicyclic) bond motifs is 7. The lowest BCUT2D eigenvalue weighted by Gasteiger charge is -2.09. The van der Waals surface area contributed by atoms with Gasteiger partial charge in [-0.3, -0.25) is 0 Å². The molecular weight excluding hydrogens is 633 g/mol. The third-order valence-corrected chi connectivity index (χ3v) is 10.4. The van der Waals surface area contributed by atoms with Gasteiger partial charge < -0.3 is 4.42 Å². The second kappa shape index (κ2) is 11.6. The van der Waals surface area contributed by atoms with Crippen molar-refractivity contribution in [2.75, 3.05) is 0 Å². The molecule has 5 nitrogen and oxygen atoms in total. The molecule has 6 aromatic carbocycles. The summed E-state index contributed by atoms with van der Waals surface area (Å²) in [5, 5.41) is 4.62. The van der Waals surface area contributed by atoms with Crippen LogP contribution < -0.4 is 0 Å². The monoisotopic (exact) mass is 658 g/mol. The summed E-state index contributed by atoms with van der Waals surface area (Å²) in [4.78, 5) is 19.7. The van der Waals surface area contributed by atoms with E-state index in [1.165, 1.54) is 20.2 Å². The van der Waals surface area contributed by atoms with Gasteiger partial charge in [-0.15, -0.1) is 11.3 Å². The molecule has 0 saturated carbocycles. The van der Waals surface area contributed by atoms with Gasteiger partial charge in [0.15, 0.2) is 17.5 Å². The summed E-state index contributed by atoms with van der Waals surface area (Å²) < 4.78 is 8.74. The molecular formula is C44H26N4OS. The van der Waals surface area contributed by atoms with Crippen molar-refractivity contribution >= 4 is 53.6 Å². The van der Waals surface area contributed by atoms with E-state index in [0.29, 0.717) is 23.2 Å². The molecule has 0 spiro atoms. The van der Waals surface area contributed by atoms with Gasteiger partial charge >= 0.3 is 0 Å². The molecule has 4 aromatic heterocycles. The Bertz CT molecular complexity index is 2790. The summed E-state index contributed by atoms with van der Waals surface area (Å²) in [6.45, 7) is 0. The maximum atomic E-state index is 6.33. The molecule has 4 heterocycles. The minimum atomic E-state index is 0.638. The second-order valence-electron chi connectivity index (χ2n) is 12.2. The van der Waals surface area contributed by atoms with E-state index in [1.54, 1.807) is 11.3 Å². The Morgan fingerprint density at radius 2 is 0.860 bits per heavy atom. The number of benzene rings is 6. The van der Waals surface area contributed by atoms with E-state index in [-0.39, 0.29) is 0 Å². The highest BCUT2D eigenvalue weighted by molar-refractivity contribution is 7.26. The highest BCUT2D eigenvalue weighted by Gasteiger charge is 2.20. The van der Waals surface area contributed by atoms with Crippen molar-refractivity contribution in [1.29, 1.82) is 0 Å². The molecule has 50 heavy (non-hydrogen) atoms. The number of pyridine rings is 1. The van der Waals surface area contributed by atoms with E-state index in [4.69, 9.17) is 24.4 Å². The number of para-hydroxylation sites is 1. The Kier molecular flexibility index (Phi) is 6.60. The van der Waals surface area contributed by atoms with Crippen LogP contribution >= 0.6 is 11.3 Å². The number of nitrogens with zero attached hydrogens (tertiary/aromatic N) is 4. The van der Waals surface area contributed by atoms with Crippen molar-refractivity contribution < 1.29 is 4.42 Å². The largest absolute Gasteiger partial charge is 0.438 e. The maximum absolute atomic E-state index is 6.33. The van der Waals surface area contributed by atoms with Crippen LogP contribution in [0.1, 0.15) is 0 Å². The van der Waals surface area contributed by atoms with E-state index in [2.05, 4.69) is 84.9 Å². The van der Waals surface area contributed by atoms with Gasteiger partial charge in [0.25, 0.3) is 0 Å². The maximum Gasteiger partial charge on any atom is 0.228 e. The third-order valence-electron chi connectivity index (χ3n) is 9.18. The van der Waals surface area contributed by atoms with Crippen LogP contribution in [0.4, 0.5) is 0 Å². The van der Waals surface area contributed by atoms with Crippen LogP contribution in [0.25, 0.3) is 98.8 Å². The fourth-order valence-electron chi connectivity index (χ4n) is 6.73. The molecule has 0 aliphatic rings. The predicted octanol–water partition coefficient (Wildman–Crippen LogP) is 11.9. The molecule has 0 N–H and O–H groups in total. The zero-order chi connectivity index (χ0) is 33.0. The number of aromatic nitrogens is 4. The molecule has 0 radical (unpaired) electrons. The molecule has 10 aromatic rings. The average molecular weight is 659 g/mol. The van der Waals surface area contributed by atoms with Gasteiger partial charge in [0, 0.05) is 43.1 Å². The normalized spacial score (nSPS) is 11.6. The first-order chi connectivity index (χ1) is 24.8. The predicted molar refractivity (Wildman–Crippen MR) is 205 cm³/mol. The number of rotatable bonds is 5. The van der Waals surface area contributed by atoms with Crippen molar-refractivity contribution in [1.82, 2.24) is 19.9 Å². The number of thiophene rings is 1. The molecule has 0 saturated heterocycles. The summed E-state index contributed by atoms with van der Waals surface area (Å²) >= 11 is 1.79. The number of furan rings is 1. The van der Waals surface area contributed by atoms with Crippen LogP contribution in [0.15, 0.2) is 162 Å². The van der Waals surface area contributed by atoms with E-state index < -0.39 is 0 Å². The molecule has 0 fully saturated rings. The van der Waals surface area contributed by atoms with Crippen molar-refractivity contribution in [3.63, 3.8) is 0 Å². The first kappa shape index (κ1) is 28.5. The lowest BCUT2D eigenvalue weighted by Crippen LogP contribution is -2.00. The molecule has 0 amide bonds. The summed E-state index contributed by atoms with van der Waals surface area (Å²) in [5.41, 5.74) is 8.56. The van der Waals surface area contributed by atoms with Gasteiger partial charge in [-0.1, -0.05) is 146 Å². The Morgan fingerprint density at radius 3 is 1.48 bits per heavy atom.